The van der Waals surface area contributed by atoms with Crippen molar-refractivity contribution in [3.63, 3.8) is 0 Å². The molecule has 2 aromatic carbocycles. The van der Waals surface area contributed by atoms with Crippen LogP contribution in [0.15, 0.2) is 52.2 Å². The Morgan fingerprint density at radius 1 is 1.12 bits per heavy atom. The summed E-state index contributed by atoms with van der Waals surface area (Å²) in [7, 11) is -3.84. The highest BCUT2D eigenvalue weighted by molar-refractivity contribution is 7.89. The Morgan fingerprint density at radius 3 is 2.58 bits per heavy atom. The van der Waals surface area contributed by atoms with Crippen molar-refractivity contribution < 1.29 is 17.9 Å². The second-order valence-corrected chi connectivity index (χ2v) is 7.75. The average Bonchev–Trinajstić information content (AvgIpc) is 2.99. The van der Waals surface area contributed by atoms with Gasteiger partial charge in [0.15, 0.2) is 0 Å². The van der Waals surface area contributed by atoms with Crippen LogP contribution in [-0.4, -0.2) is 36.6 Å². The standard InChI is InChI=1S/C17H18FN3O4S/c18-14-4-2-1-3-12(14)7-11(10-22)9-19-26(24,25)13-5-6-15-16(8-13)21-17(23)20-15/h1-6,8,11,19,22H,7,9-10H2,(H2,20,21,23). The van der Waals surface area contributed by atoms with Crippen molar-refractivity contribution in [2.45, 2.75) is 11.3 Å². The first-order chi connectivity index (χ1) is 12.4. The maximum atomic E-state index is 13.7. The lowest BCUT2D eigenvalue weighted by molar-refractivity contribution is 0.226. The number of hydrogen-bond acceptors (Lipinski definition) is 4. The van der Waals surface area contributed by atoms with E-state index in [-0.39, 0.29) is 24.5 Å². The smallest absolute Gasteiger partial charge is 0.323 e. The predicted molar refractivity (Wildman–Crippen MR) is 94.8 cm³/mol. The Bertz CT molecular complexity index is 1070. The van der Waals surface area contributed by atoms with E-state index >= 15 is 0 Å². The van der Waals surface area contributed by atoms with Crippen molar-refractivity contribution in [1.29, 1.82) is 0 Å². The fourth-order valence-electron chi connectivity index (χ4n) is 2.67. The predicted octanol–water partition coefficient (Wildman–Crippen LogP) is 1.12. The van der Waals surface area contributed by atoms with Gasteiger partial charge < -0.3 is 15.1 Å². The number of aromatic amines is 2. The number of fused-ring (bicyclic) bond motifs is 1. The molecule has 1 unspecified atom stereocenters. The lowest BCUT2D eigenvalue weighted by Crippen LogP contribution is -2.32. The Kier molecular flexibility index (Phi) is 5.21. The summed E-state index contributed by atoms with van der Waals surface area (Å²) >= 11 is 0. The summed E-state index contributed by atoms with van der Waals surface area (Å²) in [5.74, 6) is -0.867. The van der Waals surface area contributed by atoms with Crippen LogP contribution in [0.25, 0.3) is 11.0 Å². The van der Waals surface area contributed by atoms with Crippen LogP contribution in [0.1, 0.15) is 5.56 Å². The number of aliphatic hydroxyl groups is 1. The summed E-state index contributed by atoms with van der Waals surface area (Å²) in [5, 5.41) is 9.49. The maximum absolute atomic E-state index is 13.7. The average molecular weight is 379 g/mol. The minimum atomic E-state index is -3.84. The number of H-pyrrole nitrogens is 2. The van der Waals surface area contributed by atoms with E-state index in [1.807, 2.05) is 0 Å². The summed E-state index contributed by atoms with van der Waals surface area (Å²) in [6, 6.07) is 10.4. The molecule has 0 radical (unpaired) electrons. The largest absolute Gasteiger partial charge is 0.396 e. The molecule has 0 aliphatic carbocycles. The minimum absolute atomic E-state index is 0.0113. The zero-order valence-corrected chi connectivity index (χ0v) is 14.5. The van der Waals surface area contributed by atoms with Crippen LogP contribution < -0.4 is 10.4 Å². The molecule has 0 spiro atoms. The molecule has 3 aromatic rings. The van der Waals surface area contributed by atoms with Gasteiger partial charge in [-0.25, -0.2) is 22.3 Å². The Hall–Kier alpha value is -2.49. The molecule has 9 heteroatoms. The molecular formula is C17H18FN3O4S. The van der Waals surface area contributed by atoms with Crippen LogP contribution in [0.3, 0.4) is 0 Å². The zero-order valence-electron chi connectivity index (χ0n) is 13.7. The van der Waals surface area contributed by atoms with Gasteiger partial charge >= 0.3 is 5.69 Å². The number of rotatable bonds is 7. The molecule has 0 saturated carbocycles. The summed E-state index contributed by atoms with van der Waals surface area (Å²) in [5.41, 5.74) is 0.870. The van der Waals surface area contributed by atoms with E-state index in [1.165, 1.54) is 24.3 Å². The molecule has 26 heavy (non-hydrogen) atoms. The molecule has 3 rings (SSSR count). The molecule has 0 aliphatic heterocycles. The van der Waals surface area contributed by atoms with Crippen LogP contribution in [-0.2, 0) is 16.4 Å². The third kappa shape index (κ3) is 4.01. The van der Waals surface area contributed by atoms with Crippen LogP contribution in [0, 0.1) is 11.7 Å². The van der Waals surface area contributed by atoms with Crippen molar-refractivity contribution in [2.24, 2.45) is 5.92 Å². The number of aliphatic hydroxyl groups excluding tert-OH is 1. The van der Waals surface area contributed by atoms with Crippen molar-refractivity contribution >= 4 is 21.1 Å². The van der Waals surface area contributed by atoms with Gasteiger partial charge in [0.05, 0.1) is 15.9 Å². The quantitative estimate of drug-likeness (QED) is 0.492. The number of aromatic nitrogens is 2. The van der Waals surface area contributed by atoms with Crippen molar-refractivity contribution in [2.75, 3.05) is 13.2 Å². The first-order valence-corrected chi connectivity index (χ1v) is 9.43. The van der Waals surface area contributed by atoms with Gasteiger partial charge in [-0.1, -0.05) is 18.2 Å². The highest BCUT2D eigenvalue weighted by Crippen LogP contribution is 2.16. The van der Waals surface area contributed by atoms with E-state index in [4.69, 9.17) is 0 Å². The molecule has 1 atom stereocenters. The Balaban J connectivity index is 1.73. The lowest BCUT2D eigenvalue weighted by atomic mass is 10.00. The fraction of sp³-hybridized carbons (Fsp3) is 0.235. The molecule has 1 aromatic heterocycles. The maximum Gasteiger partial charge on any atom is 0.323 e. The van der Waals surface area contributed by atoms with Crippen LogP contribution in [0.4, 0.5) is 4.39 Å². The third-order valence-electron chi connectivity index (χ3n) is 4.08. The SMILES string of the molecule is O=c1[nH]c2ccc(S(=O)(=O)NCC(CO)Cc3ccccc3F)cc2[nH]1. The molecule has 0 fully saturated rings. The van der Waals surface area contributed by atoms with Crippen molar-refractivity contribution in [3.8, 4) is 0 Å². The number of sulfonamides is 1. The van der Waals surface area contributed by atoms with Gasteiger partial charge in [-0.05, 0) is 42.2 Å². The Labute approximate surface area is 148 Å². The molecule has 0 saturated heterocycles. The molecule has 0 aliphatic rings. The van der Waals surface area contributed by atoms with E-state index < -0.39 is 27.4 Å². The van der Waals surface area contributed by atoms with Crippen LogP contribution >= 0.6 is 0 Å². The van der Waals surface area contributed by atoms with Crippen molar-refractivity contribution in [1.82, 2.24) is 14.7 Å². The van der Waals surface area contributed by atoms with Gasteiger partial charge in [0.25, 0.3) is 0 Å². The van der Waals surface area contributed by atoms with Gasteiger partial charge in [0.1, 0.15) is 5.82 Å². The second kappa shape index (κ2) is 7.40. The normalized spacial score (nSPS) is 13.2. The summed E-state index contributed by atoms with van der Waals surface area (Å²) < 4.78 is 41.1. The van der Waals surface area contributed by atoms with Crippen LogP contribution in [0.2, 0.25) is 0 Å². The number of halogens is 1. The summed E-state index contributed by atoms with van der Waals surface area (Å²) in [6.45, 7) is -0.337. The number of nitrogens with one attached hydrogen (secondary N) is 3. The van der Waals surface area contributed by atoms with E-state index in [0.717, 1.165) is 0 Å². The molecule has 138 valence electrons. The number of benzene rings is 2. The summed E-state index contributed by atoms with van der Waals surface area (Å²) in [6.07, 6.45) is 0.204. The Morgan fingerprint density at radius 2 is 1.85 bits per heavy atom. The van der Waals surface area contributed by atoms with Gasteiger partial charge in [0, 0.05) is 13.2 Å². The van der Waals surface area contributed by atoms with Gasteiger partial charge in [0.2, 0.25) is 10.0 Å². The van der Waals surface area contributed by atoms with E-state index in [9.17, 15) is 22.7 Å². The van der Waals surface area contributed by atoms with Crippen molar-refractivity contribution in [3.05, 3.63) is 64.3 Å². The first kappa shape index (κ1) is 18.3. The third-order valence-corrected chi connectivity index (χ3v) is 5.51. The molecule has 4 N–H and O–H groups in total. The lowest BCUT2D eigenvalue weighted by Gasteiger charge is -2.16. The molecule has 0 bridgehead atoms. The number of imidazole rings is 1. The van der Waals surface area contributed by atoms with Crippen LogP contribution in [0.5, 0.6) is 0 Å². The highest BCUT2D eigenvalue weighted by Gasteiger charge is 2.19. The fourth-order valence-corrected chi connectivity index (χ4v) is 3.81. The highest BCUT2D eigenvalue weighted by atomic mass is 32.2. The van der Waals surface area contributed by atoms with Gasteiger partial charge in [-0.2, -0.15) is 0 Å². The molecule has 1 heterocycles. The summed E-state index contributed by atoms with van der Waals surface area (Å²) in [4.78, 5) is 16.3. The van der Waals surface area contributed by atoms with Gasteiger partial charge in [-0.3, -0.25) is 0 Å². The molecule has 7 nitrogen and oxygen atoms in total. The van der Waals surface area contributed by atoms with E-state index in [1.54, 1.807) is 18.2 Å². The van der Waals surface area contributed by atoms with E-state index in [0.29, 0.717) is 16.6 Å². The van der Waals surface area contributed by atoms with Gasteiger partial charge in [-0.15, -0.1) is 0 Å². The second-order valence-electron chi connectivity index (χ2n) is 5.98. The zero-order chi connectivity index (χ0) is 18.7. The molecular weight excluding hydrogens is 361 g/mol. The minimum Gasteiger partial charge on any atom is -0.396 e. The number of hydrogen-bond donors (Lipinski definition) is 4. The van der Waals surface area contributed by atoms with E-state index in [2.05, 4.69) is 14.7 Å². The topological polar surface area (TPSA) is 115 Å². The first-order valence-electron chi connectivity index (χ1n) is 7.95. The monoisotopic (exact) mass is 379 g/mol. The molecule has 0 amide bonds.